The van der Waals surface area contributed by atoms with Crippen LogP contribution in [-0.4, -0.2) is 34.1 Å². The Hall–Kier alpha value is -2.67. The second kappa shape index (κ2) is 11.0. The molecule has 1 aromatic carbocycles. The molecular weight excluding hydrogens is 420 g/mol. The molecule has 1 aliphatic rings. The first-order valence-electron chi connectivity index (χ1n) is 11.9. The normalized spacial score (nSPS) is 19.6. The molecule has 33 heavy (non-hydrogen) atoms. The molecule has 2 N–H and O–H groups in total. The van der Waals surface area contributed by atoms with Gasteiger partial charge in [0.15, 0.2) is 0 Å². The first kappa shape index (κ1) is 25.0. The Morgan fingerprint density at radius 2 is 1.88 bits per heavy atom. The van der Waals surface area contributed by atoms with Crippen molar-refractivity contribution >= 4 is 11.9 Å². The number of oxazole rings is 1. The fourth-order valence-electron chi connectivity index (χ4n) is 4.25. The monoisotopic (exact) mass is 456 g/mol. The topological polar surface area (TPSA) is 102 Å². The predicted molar refractivity (Wildman–Crippen MR) is 126 cm³/mol. The van der Waals surface area contributed by atoms with Crippen molar-refractivity contribution in [2.24, 2.45) is 11.8 Å². The van der Waals surface area contributed by atoms with Gasteiger partial charge in [0.2, 0.25) is 11.8 Å². The van der Waals surface area contributed by atoms with E-state index in [-0.39, 0.29) is 29.8 Å². The number of benzene rings is 1. The van der Waals surface area contributed by atoms with E-state index in [1.807, 2.05) is 31.2 Å². The summed E-state index contributed by atoms with van der Waals surface area (Å²) in [5.74, 6) is -0.0394. The summed E-state index contributed by atoms with van der Waals surface area (Å²) in [7, 11) is 0. The molecule has 0 aliphatic heterocycles. The minimum atomic E-state index is -1.00. The van der Waals surface area contributed by atoms with Gasteiger partial charge in [0.1, 0.15) is 17.5 Å². The van der Waals surface area contributed by atoms with E-state index >= 15 is 0 Å². The van der Waals surface area contributed by atoms with Crippen molar-refractivity contribution in [2.45, 2.75) is 85.0 Å². The van der Waals surface area contributed by atoms with Crippen LogP contribution in [0.25, 0.3) is 11.5 Å². The van der Waals surface area contributed by atoms with Gasteiger partial charge in [-0.3, -0.25) is 4.79 Å². The Labute approximate surface area is 195 Å². The van der Waals surface area contributed by atoms with Crippen LogP contribution in [0.1, 0.15) is 76.3 Å². The maximum atomic E-state index is 12.7. The van der Waals surface area contributed by atoms with Crippen molar-refractivity contribution in [2.75, 3.05) is 0 Å². The molecule has 2 unspecified atom stereocenters. The number of aliphatic carboxylic acids is 1. The van der Waals surface area contributed by atoms with Crippen molar-refractivity contribution in [3.63, 3.8) is 0 Å². The van der Waals surface area contributed by atoms with Gasteiger partial charge in [-0.25, -0.2) is 9.78 Å². The summed E-state index contributed by atoms with van der Waals surface area (Å²) >= 11 is 0. The molecule has 1 fully saturated rings. The van der Waals surface area contributed by atoms with Crippen LogP contribution >= 0.6 is 0 Å². The average molecular weight is 457 g/mol. The van der Waals surface area contributed by atoms with Gasteiger partial charge in [-0.2, -0.15) is 0 Å². The number of aryl methyl sites for hydroxylation is 1. The molecule has 1 saturated carbocycles. The molecule has 1 amide bonds. The highest BCUT2D eigenvalue weighted by Gasteiger charge is 2.32. The molecule has 1 aliphatic carbocycles. The fourth-order valence-corrected chi connectivity index (χ4v) is 4.25. The standard InChI is InChI=1S/C26H36N2O5/c1-15(2)22(26(30)31)28-24(29)19-7-6-8-20(13-19)32-14-21-23(16(3)4)33-25(27-21)18-11-9-17(5)10-12-18/h9-12,15-16,19-20,22H,6-8,13-14H2,1-5H3,(H,28,29)(H,30,31)/t19?,20?,22-/m0/s1. The SMILES string of the molecule is Cc1ccc(-c2nc(COC3CCCC(C(=O)N[C@H](C(=O)O)C(C)C)C3)c(C(C)C)o2)cc1. The molecule has 0 saturated heterocycles. The predicted octanol–water partition coefficient (Wildman–Crippen LogP) is 5.07. The number of hydrogen-bond acceptors (Lipinski definition) is 5. The Bertz CT molecular complexity index is 948. The lowest BCUT2D eigenvalue weighted by molar-refractivity contribution is -0.144. The van der Waals surface area contributed by atoms with Gasteiger partial charge in [-0.1, -0.05) is 51.8 Å². The molecule has 7 heteroatoms. The van der Waals surface area contributed by atoms with E-state index in [1.54, 1.807) is 13.8 Å². The molecule has 180 valence electrons. The first-order valence-corrected chi connectivity index (χ1v) is 11.9. The van der Waals surface area contributed by atoms with Gasteiger partial charge in [-0.15, -0.1) is 0 Å². The largest absolute Gasteiger partial charge is 0.480 e. The molecular formula is C26H36N2O5. The van der Waals surface area contributed by atoms with E-state index in [0.717, 1.165) is 36.3 Å². The lowest BCUT2D eigenvalue weighted by Crippen LogP contribution is -2.47. The van der Waals surface area contributed by atoms with Crippen molar-refractivity contribution in [3.05, 3.63) is 41.3 Å². The zero-order valence-corrected chi connectivity index (χ0v) is 20.3. The van der Waals surface area contributed by atoms with Crippen molar-refractivity contribution in [1.82, 2.24) is 10.3 Å². The van der Waals surface area contributed by atoms with E-state index < -0.39 is 12.0 Å². The Morgan fingerprint density at radius 1 is 1.18 bits per heavy atom. The number of carboxylic acid groups (broad SMARTS) is 1. The van der Waals surface area contributed by atoms with Crippen LogP contribution in [0.15, 0.2) is 28.7 Å². The number of carbonyl (C=O) groups excluding carboxylic acids is 1. The summed E-state index contributed by atoms with van der Waals surface area (Å²) in [4.78, 5) is 28.9. The van der Waals surface area contributed by atoms with E-state index in [2.05, 4.69) is 19.2 Å². The number of rotatable bonds is 9. The Morgan fingerprint density at radius 3 is 2.48 bits per heavy atom. The molecule has 1 aromatic heterocycles. The lowest BCUT2D eigenvalue weighted by Gasteiger charge is -2.29. The summed E-state index contributed by atoms with van der Waals surface area (Å²) in [5, 5.41) is 12.1. The van der Waals surface area contributed by atoms with Crippen LogP contribution in [0.4, 0.5) is 0 Å². The van der Waals surface area contributed by atoms with E-state index in [1.165, 1.54) is 5.56 Å². The third-order valence-corrected chi connectivity index (χ3v) is 6.23. The van der Waals surface area contributed by atoms with Crippen LogP contribution in [0.3, 0.4) is 0 Å². The number of amides is 1. The van der Waals surface area contributed by atoms with Crippen LogP contribution in [0.5, 0.6) is 0 Å². The summed E-state index contributed by atoms with van der Waals surface area (Å²) in [6.07, 6.45) is 2.99. The van der Waals surface area contributed by atoms with Gasteiger partial charge in [-0.05, 0) is 44.2 Å². The van der Waals surface area contributed by atoms with Crippen molar-refractivity contribution < 1.29 is 23.8 Å². The molecule has 7 nitrogen and oxygen atoms in total. The number of ether oxygens (including phenoxy) is 1. The number of nitrogens with one attached hydrogen (secondary N) is 1. The highest BCUT2D eigenvalue weighted by atomic mass is 16.5. The fraction of sp³-hybridized carbons (Fsp3) is 0.577. The number of carboxylic acids is 1. The van der Waals surface area contributed by atoms with E-state index in [4.69, 9.17) is 14.1 Å². The summed E-state index contributed by atoms with van der Waals surface area (Å²) in [6.45, 7) is 10.1. The summed E-state index contributed by atoms with van der Waals surface area (Å²) in [5.41, 5.74) is 2.90. The van der Waals surface area contributed by atoms with Crippen LogP contribution in [0, 0.1) is 18.8 Å². The van der Waals surface area contributed by atoms with Gasteiger partial charge in [0.05, 0.1) is 12.7 Å². The minimum Gasteiger partial charge on any atom is -0.480 e. The maximum absolute atomic E-state index is 12.7. The summed E-state index contributed by atoms with van der Waals surface area (Å²) in [6, 6.07) is 7.20. The molecule has 3 atom stereocenters. The molecule has 0 spiro atoms. The molecule has 1 heterocycles. The zero-order valence-electron chi connectivity index (χ0n) is 20.3. The second-order valence-electron chi connectivity index (χ2n) is 9.72. The van der Waals surface area contributed by atoms with Crippen LogP contribution in [-0.2, 0) is 20.9 Å². The zero-order chi connectivity index (χ0) is 24.1. The third kappa shape index (κ3) is 6.44. The highest BCUT2D eigenvalue weighted by molar-refractivity contribution is 5.85. The minimum absolute atomic E-state index is 0.0728. The second-order valence-corrected chi connectivity index (χ2v) is 9.72. The first-order chi connectivity index (χ1) is 15.7. The van der Waals surface area contributed by atoms with Gasteiger partial charge >= 0.3 is 5.97 Å². The quantitative estimate of drug-likeness (QED) is 0.546. The Balaban J connectivity index is 1.64. The number of aromatic nitrogens is 1. The smallest absolute Gasteiger partial charge is 0.326 e. The maximum Gasteiger partial charge on any atom is 0.326 e. The van der Waals surface area contributed by atoms with Gasteiger partial charge in [0, 0.05) is 17.4 Å². The van der Waals surface area contributed by atoms with Crippen molar-refractivity contribution in [1.29, 1.82) is 0 Å². The molecule has 2 aromatic rings. The van der Waals surface area contributed by atoms with Crippen LogP contribution in [0.2, 0.25) is 0 Å². The lowest BCUT2D eigenvalue weighted by atomic mass is 9.86. The summed E-state index contributed by atoms with van der Waals surface area (Å²) < 4.78 is 12.3. The Kier molecular flexibility index (Phi) is 8.30. The molecule has 3 rings (SSSR count). The van der Waals surface area contributed by atoms with Gasteiger partial charge < -0.3 is 19.6 Å². The number of nitrogens with zero attached hydrogens (tertiary/aromatic N) is 1. The molecule has 0 radical (unpaired) electrons. The van der Waals surface area contributed by atoms with Crippen LogP contribution < -0.4 is 5.32 Å². The number of carbonyl (C=O) groups is 2. The highest BCUT2D eigenvalue weighted by Crippen LogP contribution is 2.31. The van der Waals surface area contributed by atoms with E-state index in [0.29, 0.717) is 18.9 Å². The number of hydrogen-bond donors (Lipinski definition) is 2. The third-order valence-electron chi connectivity index (χ3n) is 6.23. The molecule has 0 bridgehead atoms. The van der Waals surface area contributed by atoms with E-state index in [9.17, 15) is 14.7 Å². The van der Waals surface area contributed by atoms with Crippen molar-refractivity contribution in [3.8, 4) is 11.5 Å². The van der Waals surface area contributed by atoms with Gasteiger partial charge in [0.25, 0.3) is 0 Å². The average Bonchev–Trinajstić information content (AvgIpc) is 3.20.